The van der Waals surface area contributed by atoms with Crippen LogP contribution in [0.25, 0.3) is 0 Å². The van der Waals surface area contributed by atoms with E-state index in [-0.39, 0.29) is 6.03 Å². The molecular formula is C23H26N4O. The summed E-state index contributed by atoms with van der Waals surface area (Å²) in [5.74, 6) is 0. The molecule has 4 rings (SSSR count). The van der Waals surface area contributed by atoms with Crippen molar-refractivity contribution in [3.05, 3.63) is 89.2 Å². The van der Waals surface area contributed by atoms with E-state index in [0.29, 0.717) is 19.1 Å². The number of rotatable bonds is 7. The van der Waals surface area contributed by atoms with Crippen molar-refractivity contribution in [2.75, 3.05) is 0 Å². The van der Waals surface area contributed by atoms with Gasteiger partial charge in [0, 0.05) is 30.9 Å². The van der Waals surface area contributed by atoms with Crippen molar-refractivity contribution in [3.8, 4) is 0 Å². The Kier molecular flexibility index (Phi) is 5.42. The number of aryl methyl sites for hydroxylation is 1. The third kappa shape index (κ3) is 4.80. The summed E-state index contributed by atoms with van der Waals surface area (Å²) in [4.78, 5) is 14.7. The van der Waals surface area contributed by atoms with Crippen LogP contribution in [0.4, 0.5) is 4.79 Å². The summed E-state index contributed by atoms with van der Waals surface area (Å²) in [6.45, 7) is 3.96. The summed E-state index contributed by atoms with van der Waals surface area (Å²) < 4.78 is 1.90. The molecule has 0 atom stereocenters. The zero-order valence-electron chi connectivity index (χ0n) is 16.2. The fraction of sp³-hybridized carbons (Fsp3) is 0.304. The molecule has 0 bridgehead atoms. The first kappa shape index (κ1) is 18.3. The van der Waals surface area contributed by atoms with Gasteiger partial charge < -0.3 is 10.2 Å². The van der Waals surface area contributed by atoms with Gasteiger partial charge in [0.15, 0.2) is 0 Å². The molecule has 1 fully saturated rings. The van der Waals surface area contributed by atoms with Crippen molar-refractivity contribution in [2.24, 2.45) is 0 Å². The maximum absolute atomic E-state index is 12.8. The molecule has 28 heavy (non-hydrogen) atoms. The van der Waals surface area contributed by atoms with E-state index < -0.39 is 0 Å². The number of hydrogen-bond donors (Lipinski definition) is 1. The molecule has 5 heteroatoms. The number of carbonyl (C=O) groups is 1. The normalized spacial score (nSPS) is 13.3. The van der Waals surface area contributed by atoms with Crippen molar-refractivity contribution in [1.82, 2.24) is 20.0 Å². The van der Waals surface area contributed by atoms with E-state index >= 15 is 0 Å². The Labute approximate surface area is 166 Å². The molecule has 5 nitrogen and oxygen atoms in total. The number of hydrogen-bond acceptors (Lipinski definition) is 2. The van der Waals surface area contributed by atoms with E-state index in [1.165, 1.54) is 16.7 Å². The van der Waals surface area contributed by atoms with Gasteiger partial charge in [-0.15, -0.1) is 0 Å². The highest BCUT2D eigenvalue weighted by atomic mass is 16.2. The van der Waals surface area contributed by atoms with E-state index in [1.54, 1.807) is 0 Å². The van der Waals surface area contributed by atoms with Crippen LogP contribution in [0.3, 0.4) is 0 Å². The Morgan fingerprint density at radius 2 is 1.89 bits per heavy atom. The first-order valence-electron chi connectivity index (χ1n) is 9.82. The maximum atomic E-state index is 12.8. The Morgan fingerprint density at radius 1 is 1.11 bits per heavy atom. The van der Waals surface area contributed by atoms with Crippen molar-refractivity contribution in [2.45, 2.75) is 45.4 Å². The second kappa shape index (κ2) is 8.30. The predicted octanol–water partition coefficient (Wildman–Crippen LogP) is 4.11. The number of amides is 2. The van der Waals surface area contributed by atoms with E-state index in [0.717, 1.165) is 24.9 Å². The average Bonchev–Trinajstić information content (AvgIpc) is 3.45. The smallest absolute Gasteiger partial charge is 0.318 e. The Morgan fingerprint density at radius 3 is 2.64 bits per heavy atom. The molecule has 0 unspecified atom stereocenters. The minimum Gasteiger partial charge on any atom is -0.334 e. The summed E-state index contributed by atoms with van der Waals surface area (Å²) in [5, 5.41) is 7.48. The predicted molar refractivity (Wildman–Crippen MR) is 110 cm³/mol. The topological polar surface area (TPSA) is 50.2 Å². The molecule has 1 aromatic heterocycles. The molecule has 1 saturated carbocycles. The molecule has 0 radical (unpaired) electrons. The van der Waals surface area contributed by atoms with Crippen LogP contribution in [-0.4, -0.2) is 26.8 Å². The van der Waals surface area contributed by atoms with Crippen molar-refractivity contribution < 1.29 is 4.79 Å². The van der Waals surface area contributed by atoms with E-state index in [1.807, 2.05) is 40.2 Å². The van der Waals surface area contributed by atoms with Crippen LogP contribution in [0.2, 0.25) is 0 Å². The van der Waals surface area contributed by atoms with Gasteiger partial charge in [-0.25, -0.2) is 4.79 Å². The molecule has 2 amide bonds. The lowest BCUT2D eigenvalue weighted by Gasteiger charge is -2.23. The zero-order valence-corrected chi connectivity index (χ0v) is 16.2. The number of nitrogens with zero attached hydrogens (tertiary/aromatic N) is 3. The molecule has 2 aromatic carbocycles. The van der Waals surface area contributed by atoms with Crippen LogP contribution in [0.1, 0.15) is 35.1 Å². The second-order valence-electron chi connectivity index (χ2n) is 7.54. The molecule has 0 aliphatic heterocycles. The fourth-order valence-corrected chi connectivity index (χ4v) is 3.39. The van der Waals surface area contributed by atoms with Gasteiger partial charge >= 0.3 is 6.03 Å². The SMILES string of the molecule is Cc1cccc(CN(C(=O)NCc2cnn(Cc3ccccc3)c2)C2CC2)c1. The summed E-state index contributed by atoms with van der Waals surface area (Å²) in [6, 6.07) is 19.0. The molecule has 3 aromatic rings. The van der Waals surface area contributed by atoms with Gasteiger partial charge in [0.2, 0.25) is 0 Å². The van der Waals surface area contributed by atoms with Gasteiger partial charge in [0.25, 0.3) is 0 Å². The van der Waals surface area contributed by atoms with Gasteiger partial charge in [0.05, 0.1) is 12.7 Å². The fourth-order valence-electron chi connectivity index (χ4n) is 3.39. The van der Waals surface area contributed by atoms with Gasteiger partial charge in [-0.05, 0) is 30.9 Å². The minimum atomic E-state index is -0.000171. The van der Waals surface area contributed by atoms with Gasteiger partial charge in [0.1, 0.15) is 0 Å². The number of aromatic nitrogens is 2. The second-order valence-corrected chi connectivity index (χ2v) is 7.54. The minimum absolute atomic E-state index is 0.000171. The number of nitrogens with one attached hydrogen (secondary N) is 1. The molecule has 0 spiro atoms. The molecule has 1 heterocycles. The lowest BCUT2D eigenvalue weighted by molar-refractivity contribution is 0.191. The Bertz CT molecular complexity index is 931. The maximum Gasteiger partial charge on any atom is 0.318 e. The monoisotopic (exact) mass is 374 g/mol. The lowest BCUT2D eigenvalue weighted by Crippen LogP contribution is -2.40. The molecule has 0 saturated heterocycles. The lowest BCUT2D eigenvalue weighted by atomic mass is 10.1. The number of urea groups is 1. The highest BCUT2D eigenvalue weighted by Crippen LogP contribution is 2.28. The van der Waals surface area contributed by atoms with Crippen molar-refractivity contribution in [3.63, 3.8) is 0 Å². The molecule has 1 aliphatic carbocycles. The standard InChI is InChI=1S/C23H26N4O/c1-18-6-5-9-20(12-18)17-27(22-10-11-22)23(28)24-13-21-14-25-26(16-21)15-19-7-3-2-4-8-19/h2-9,12,14,16,22H,10-11,13,15,17H2,1H3,(H,24,28). The summed E-state index contributed by atoms with van der Waals surface area (Å²) in [7, 11) is 0. The average molecular weight is 374 g/mol. The van der Waals surface area contributed by atoms with Gasteiger partial charge in [-0.2, -0.15) is 5.10 Å². The molecular weight excluding hydrogens is 348 g/mol. The molecule has 1 N–H and O–H groups in total. The largest absolute Gasteiger partial charge is 0.334 e. The summed E-state index contributed by atoms with van der Waals surface area (Å²) >= 11 is 0. The van der Waals surface area contributed by atoms with Crippen molar-refractivity contribution >= 4 is 6.03 Å². The van der Waals surface area contributed by atoms with Gasteiger partial charge in [-0.1, -0.05) is 60.2 Å². The Balaban J connectivity index is 1.34. The Hall–Kier alpha value is -3.08. The van der Waals surface area contributed by atoms with Crippen LogP contribution in [0, 0.1) is 6.92 Å². The third-order valence-electron chi connectivity index (χ3n) is 5.00. The van der Waals surface area contributed by atoms with E-state index in [4.69, 9.17) is 0 Å². The van der Waals surface area contributed by atoms with Crippen LogP contribution in [0.5, 0.6) is 0 Å². The first-order chi connectivity index (χ1) is 13.7. The summed E-state index contributed by atoms with van der Waals surface area (Å²) in [5.41, 5.74) is 4.62. The zero-order chi connectivity index (χ0) is 19.3. The van der Waals surface area contributed by atoms with Gasteiger partial charge in [-0.3, -0.25) is 4.68 Å². The van der Waals surface area contributed by atoms with Crippen LogP contribution in [0.15, 0.2) is 67.0 Å². The quantitative estimate of drug-likeness (QED) is 0.676. The molecule has 144 valence electrons. The van der Waals surface area contributed by atoms with E-state index in [9.17, 15) is 4.79 Å². The summed E-state index contributed by atoms with van der Waals surface area (Å²) in [6.07, 6.45) is 6.00. The highest BCUT2D eigenvalue weighted by Gasteiger charge is 2.32. The van der Waals surface area contributed by atoms with Crippen molar-refractivity contribution in [1.29, 1.82) is 0 Å². The highest BCUT2D eigenvalue weighted by molar-refractivity contribution is 5.75. The number of benzene rings is 2. The van der Waals surface area contributed by atoms with Crippen LogP contribution >= 0.6 is 0 Å². The first-order valence-corrected chi connectivity index (χ1v) is 9.82. The van der Waals surface area contributed by atoms with Crippen LogP contribution < -0.4 is 5.32 Å². The van der Waals surface area contributed by atoms with E-state index in [2.05, 4.69) is 53.7 Å². The number of carbonyl (C=O) groups excluding carboxylic acids is 1. The van der Waals surface area contributed by atoms with Crippen LogP contribution in [-0.2, 0) is 19.6 Å². The molecule has 1 aliphatic rings. The third-order valence-corrected chi connectivity index (χ3v) is 5.00.